The van der Waals surface area contributed by atoms with E-state index < -0.39 is 6.10 Å². The Bertz CT molecular complexity index is 210. The van der Waals surface area contributed by atoms with Crippen molar-refractivity contribution >= 4 is 5.91 Å². The van der Waals surface area contributed by atoms with Gasteiger partial charge in [-0.2, -0.15) is 0 Å². The van der Waals surface area contributed by atoms with Gasteiger partial charge in [0, 0.05) is 13.0 Å². The molecule has 0 radical (unpaired) electrons. The maximum Gasteiger partial charge on any atom is 0.220 e. The van der Waals surface area contributed by atoms with Crippen LogP contribution in [0.3, 0.4) is 0 Å². The minimum atomic E-state index is -0.954. The quantitative estimate of drug-likeness (QED) is 0.249. The highest BCUT2D eigenvalue weighted by Crippen LogP contribution is 1.93. The summed E-state index contributed by atoms with van der Waals surface area (Å²) in [6.45, 7) is 1.89. The second kappa shape index (κ2) is 20.2. The first kappa shape index (κ1) is 23.5. The lowest BCUT2D eigenvalue weighted by atomic mass is 10.4. The van der Waals surface area contributed by atoms with Crippen LogP contribution in [0.5, 0.6) is 0 Å². The summed E-state index contributed by atoms with van der Waals surface area (Å²) in [6.07, 6.45) is 0.809. The smallest absolute Gasteiger partial charge is 0.220 e. The Labute approximate surface area is 130 Å². The molecular formula is C13H29NO8. The van der Waals surface area contributed by atoms with E-state index in [4.69, 9.17) is 35.0 Å². The van der Waals surface area contributed by atoms with Crippen LogP contribution in [0.1, 0.15) is 12.8 Å². The number of aliphatic hydroxyl groups excluding tert-OH is 5. The second-order valence-electron chi connectivity index (χ2n) is 4.14. The van der Waals surface area contributed by atoms with Crippen LogP contribution in [0.4, 0.5) is 0 Å². The molecule has 0 bridgehead atoms. The molecule has 1 saturated heterocycles. The number of carbonyl (C=O) groups is 1. The molecule has 1 amide bonds. The van der Waals surface area contributed by atoms with E-state index in [9.17, 15) is 4.79 Å². The van der Waals surface area contributed by atoms with Crippen molar-refractivity contribution < 1.29 is 39.8 Å². The Balaban J connectivity index is 0. The van der Waals surface area contributed by atoms with E-state index in [1.165, 1.54) is 0 Å². The summed E-state index contributed by atoms with van der Waals surface area (Å²) >= 11 is 0. The molecule has 0 aromatic carbocycles. The van der Waals surface area contributed by atoms with E-state index in [2.05, 4.69) is 5.32 Å². The fourth-order valence-corrected chi connectivity index (χ4v) is 1.07. The van der Waals surface area contributed by atoms with Crippen LogP contribution in [-0.4, -0.2) is 96.9 Å². The number of hydrogen-bond acceptors (Lipinski definition) is 8. The standard InChI is InChI=1S/C6H14O4.C4H7NO.C3H8O3/c7-1-3-9-5-6-10-4-2-8;6-4-2-1-3-5-4;4-1-3(6)2-5/h7-8H,1-6H2;1-3H2,(H,5,6);3-6H,1-2H2. The fourth-order valence-electron chi connectivity index (χ4n) is 1.07. The second-order valence-corrected chi connectivity index (χ2v) is 4.14. The van der Waals surface area contributed by atoms with E-state index in [0.29, 0.717) is 26.4 Å². The topological polar surface area (TPSA) is 149 Å². The third kappa shape index (κ3) is 21.5. The summed E-state index contributed by atoms with van der Waals surface area (Å²) in [5, 5.41) is 43.2. The van der Waals surface area contributed by atoms with E-state index in [1.807, 2.05) is 0 Å². The third-order valence-corrected chi connectivity index (χ3v) is 2.17. The lowest BCUT2D eigenvalue weighted by Crippen LogP contribution is -2.15. The monoisotopic (exact) mass is 327 g/mol. The number of amides is 1. The molecule has 0 saturated carbocycles. The number of ether oxygens (including phenoxy) is 2. The van der Waals surface area contributed by atoms with E-state index in [1.54, 1.807) is 0 Å². The Hall–Kier alpha value is -0.810. The van der Waals surface area contributed by atoms with Crippen molar-refractivity contribution in [2.75, 3.05) is 59.4 Å². The molecular weight excluding hydrogens is 298 g/mol. The zero-order chi connectivity index (χ0) is 17.1. The molecule has 0 atom stereocenters. The maximum absolute atomic E-state index is 10.1. The van der Waals surface area contributed by atoms with Crippen molar-refractivity contribution in [3.05, 3.63) is 0 Å². The van der Waals surface area contributed by atoms with Gasteiger partial charge < -0.3 is 40.3 Å². The molecule has 1 fully saturated rings. The lowest BCUT2D eigenvalue weighted by molar-refractivity contribution is -0.119. The van der Waals surface area contributed by atoms with Gasteiger partial charge in [0.05, 0.1) is 52.9 Å². The van der Waals surface area contributed by atoms with Gasteiger partial charge in [0.2, 0.25) is 5.91 Å². The molecule has 1 aliphatic rings. The molecule has 0 spiro atoms. The lowest BCUT2D eigenvalue weighted by Gasteiger charge is -2.01. The largest absolute Gasteiger partial charge is 0.394 e. The molecule has 0 aromatic heterocycles. The van der Waals surface area contributed by atoms with Gasteiger partial charge in [0.15, 0.2) is 0 Å². The van der Waals surface area contributed by atoms with Crippen molar-refractivity contribution in [1.82, 2.24) is 5.32 Å². The van der Waals surface area contributed by atoms with Gasteiger partial charge in [0.1, 0.15) is 6.10 Å². The van der Waals surface area contributed by atoms with E-state index in [0.717, 1.165) is 19.4 Å². The van der Waals surface area contributed by atoms with Gasteiger partial charge in [-0.3, -0.25) is 4.79 Å². The number of nitrogens with one attached hydrogen (secondary N) is 1. The average molecular weight is 327 g/mol. The predicted molar refractivity (Wildman–Crippen MR) is 78.2 cm³/mol. The number of aliphatic hydroxyl groups is 5. The van der Waals surface area contributed by atoms with Crippen molar-refractivity contribution in [2.45, 2.75) is 18.9 Å². The van der Waals surface area contributed by atoms with Crippen LogP contribution in [0, 0.1) is 0 Å². The van der Waals surface area contributed by atoms with Crippen LogP contribution in [-0.2, 0) is 14.3 Å². The Morgan fingerprint density at radius 1 is 0.955 bits per heavy atom. The molecule has 0 aliphatic carbocycles. The highest BCUT2D eigenvalue weighted by atomic mass is 16.5. The van der Waals surface area contributed by atoms with Crippen LogP contribution >= 0.6 is 0 Å². The Morgan fingerprint density at radius 3 is 1.64 bits per heavy atom. The predicted octanol–water partition coefficient (Wildman–Crippen LogP) is -2.77. The zero-order valence-corrected chi connectivity index (χ0v) is 12.8. The van der Waals surface area contributed by atoms with E-state index in [-0.39, 0.29) is 32.3 Å². The molecule has 1 rings (SSSR count). The van der Waals surface area contributed by atoms with Gasteiger partial charge in [-0.25, -0.2) is 0 Å². The van der Waals surface area contributed by atoms with Crippen LogP contribution in [0.15, 0.2) is 0 Å². The normalized spacial score (nSPS) is 13.1. The van der Waals surface area contributed by atoms with E-state index >= 15 is 0 Å². The molecule has 9 heteroatoms. The first-order valence-corrected chi connectivity index (χ1v) is 7.16. The maximum atomic E-state index is 10.1. The molecule has 9 nitrogen and oxygen atoms in total. The number of hydrogen-bond donors (Lipinski definition) is 6. The molecule has 1 heterocycles. The molecule has 0 aromatic rings. The highest BCUT2D eigenvalue weighted by molar-refractivity contribution is 5.77. The minimum Gasteiger partial charge on any atom is -0.394 e. The first-order valence-electron chi connectivity index (χ1n) is 7.16. The molecule has 6 N–H and O–H groups in total. The van der Waals surface area contributed by atoms with Gasteiger partial charge >= 0.3 is 0 Å². The Kier molecular flexibility index (Phi) is 21.5. The van der Waals surface area contributed by atoms with Gasteiger partial charge in [-0.15, -0.1) is 0 Å². The fraction of sp³-hybridized carbons (Fsp3) is 0.923. The zero-order valence-electron chi connectivity index (χ0n) is 12.8. The summed E-state index contributed by atoms with van der Waals surface area (Å²) in [7, 11) is 0. The summed E-state index contributed by atoms with van der Waals surface area (Å²) in [5.41, 5.74) is 0. The van der Waals surface area contributed by atoms with Gasteiger partial charge in [-0.1, -0.05) is 0 Å². The van der Waals surface area contributed by atoms with Crippen molar-refractivity contribution in [1.29, 1.82) is 0 Å². The Morgan fingerprint density at radius 2 is 1.45 bits per heavy atom. The number of carbonyl (C=O) groups excluding carboxylic acids is 1. The van der Waals surface area contributed by atoms with Gasteiger partial charge in [0.25, 0.3) is 0 Å². The number of rotatable bonds is 9. The van der Waals surface area contributed by atoms with Gasteiger partial charge in [-0.05, 0) is 6.42 Å². The van der Waals surface area contributed by atoms with Crippen molar-refractivity contribution in [3.8, 4) is 0 Å². The van der Waals surface area contributed by atoms with Crippen molar-refractivity contribution in [2.24, 2.45) is 0 Å². The summed E-state index contributed by atoms with van der Waals surface area (Å²) in [4.78, 5) is 10.1. The molecule has 22 heavy (non-hydrogen) atoms. The molecule has 134 valence electrons. The SMILES string of the molecule is O=C1CCCN1.OCC(O)CO.OCCOCCOCCO. The van der Waals surface area contributed by atoms with Crippen LogP contribution in [0.2, 0.25) is 0 Å². The van der Waals surface area contributed by atoms with Crippen molar-refractivity contribution in [3.63, 3.8) is 0 Å². The average Bonchev–Trinajstić information content (AvgIpc) is 3.02. The summed E-state index contributed by atoms with van der Waals surface area (Å²) in [5.74, 6) is 0.204. The van der Waals surface area contributed by atoms with Crippen LogP contribution < -0.4 is 5.32 Å². The minimum absolute atomic E-state index is 0.0417. The highest BCUT2D eigenvalue weighted by Gasteiger charge is 2.05. The first-order chi connectivity index (χ1) is 10.6. The van der Waals surface area contributed by atoms with Crippen LogP contribution in [0.25, 0.3) is 0 Å². The third-order valence-electron chi connectivity index (χ3n) is 2.17. The summed E-state index contributed by atoms with van der Waals surface area (Å²) in [6, 6.07) is 0. The molecule has 1 aliphatic heterocycles. The molecule has 0 unspecified atom stereocenters. The summed E-state index contributed by atoms with van der Waals surface area (Å²) < 4.78 is 9.75.